The van der Waals surface area contributed by atoms with Crippen molar-refractivity contribution in [3.8, 4) is 0 Å². The summed E-state index contributed by atoms with van der Waals surface area (Å²) < 4.78 is 0. The number of alkyl halides is 1. The average Bonchev–Trinajstić information content (AvgIpc) is 2.07. The van der Waals surface area contributed by atoms with E-state index in [1.807, 2.05) is 23.3 Å². The summed E-state index contributed by atoms with van der Waals surface area (Å²) in [5.41, 5.74) is 0.897. The second kappa shape index (κ2) is 4.03. The minimum atomic E-state index is 0.483. The molecule has 1 N–H and O–H groups in total. The molecule has 60 valence electrons. The number of allylic oxidation sites excluding steroid dienone is 2. The maximum Gasteiger partial charge on any atom is 0.0926 e. The fourth-order valence-electron chi connectivity index (χ4n) is 0.794. The lowest BCUT2D eigenvalue weighted by Gasteiger charge is -2.17. The molecule has 0 aromatic rings. The Kier molecular flexibility index (Phi) is 2.98. The highest BCUT2D eigenvalue weighted by atomic mass is 35.5. The van der Waals surface area contributed by atoms with Gasteiger partial charge in [0.15, 0.2) is 0 Å². The zero-order valence-electron chi connectivity index (χ0n) is 5.94. The molecule has 0 amide bonds. The molecule has 0 aromatic heterocycles. The number of rotatable bonds is 2. The first kappa shape index (κ1) is 8.14. The van der Waals surface area contributed by atoms with E-state index in [0.717, 1.165) is 12.1 Å². The van der Waals surface area contributed by atoms with Crippen molar-refractivity contribution in [3.63, 3.8) is 0 Å². The van der Waals surface area contributed by atoms with E-state index >= 15 is 0 Å². The molecule has 11 heavy (non-hydrogen) atoms. The third kappa shape index (κ3) is 2.27. The number of oxime groups is 1. The van der Waals surface area contributed by atoms with Crippen LogP contribution >= 0.6 is 11.6 Å². The van der Waals surface area contributed by atoms with Crippen molar-refractivity contribution < 1.29 is 5.21 Å². The van der Waals surface area contributed by atoms with Crippen LogP contribution in [0.25, 0.3) is 0 Å². The number of hydrogen-bond acceptors (Lipinski definition) is 3. The van der Waals surface area contributed by atoms with Crippen LogP contribution in [-0.4, -0.2) is 28.9 Å². The van der Waals surface area contributed by atoms with Gasteiger partial charge in [0.25, 0.3) is 0 Å². The van der Waals surface area contributed by atoms with Crippen LogP contribution in [-0.2, 0) is 0 Å². The highest BCUT2D eigenvalue weighted by Gasteiger charge is 2.00. The van der Waals surface area contributed by atoms with Gasteiger partial charge in [-0.15, -0.1) is 11.6 Å². The Bertz CT molecular complexity index is 210. The Labute approximate surface area is 70.3 Å². The summed E-state index contributed by atoms with van der Waals surface area (Å²) in [6.07, 6.45) is 7.03. The maximum absolute atomic E-state index is 8.20. The normalized spacial score (nSPS) is 17.5. The Balaban J connectivity index is 2.52. The molecule has 0 aliphatic carbocycles. The van der Waals surface area contributed by atoms with Gasteiger partial charge in [0.2, 0.25) is 0 Å². The van der Waals surface area contributed by atoms with Crippen molar-refractivity contribution in [2.24, 2.45) is 5.16 Å². The first-order chi connectivity index (χ1) is 5.36. The van der Waals surface area contributed by atoms with Crippen molar-refractivity contribution in [1.29, 1.82) is 0 Å². The average molecular weight is 173 g/mol. The molecule has 4 heteroatoms. The fourth-order valence-corrected chi connectivity index (χ4v) is 0.971. The van der Waals surface area contributed by atoms with Crippen LogP contribution in [0.1, 0.15) is 0 Å². The Morgan fingerprint density at radius 2 is 2.64 bits per heavy atom. The molecule has 1 aliphatic rings. The number of nitrogens with zero attached hydrogens (tertiary/aromatic N) is 2. The molecule has 0 bridgehead atoms. The van der Waals surface area contributed by atoms with Gasteiger partial charge in [-0.1, -0.05) is 11.2 Å². The largest absolute Gasteiger partial charge is 0.411 e. The van der Waals surface area contributed by atoms with Crippen LogP contribution in [0.4, 0.5) is 0 Å². The highest BCUT2D eigenvalue weighted by molar-refractivity contribution is 6.17. The number of halogens is 1. The highest BCUT2D eigenvalue weighted by Crippen LogP contribution is 2.05. The lowest BCUT2D eigenvalue weighted by Crippen LogP contribution is -2.17. The van der Waals surface area contributed by atoms with Gasteiger partial charge in [0, 0.05) is 12.7 Å². The first-order valence-electron chi connectivity index (χ1n) is 3.22. The van der Waals surface area contributed by atoms with Crippen LogP contribution in [0, 0.1) is 0 Å². The van der Waals surface area contributed by atoms with E-state index in [-0.39, 0.29) is 0 Å². The molecule has 0 radical (unpaired) electrons. The second-order valence-electron chi connectivity index (χ2n) is 2.16. The summed E-state index contributed by atoms with van der Waals surface area (Å²) in [6.45, 7) is 0.765. The van der Waals surface area contributed by atoms with Gasteiger partial charge < -0.3 is 10.1 Å². The predicted molar refractivity (Wildman–Crippen MR) is 44.9 cm³/mol. The summed E-state index contributed by atoms with van der Waals surface area (Å²) >= 11 is 5.57. The smallest absolute Gasteiger partial charge is 0.0926 e. The van der Waals surface area contributed by atoms with Crippen LogP contribution in [0.5, 0.6) is 0 Å². The van der Waals surface area contributed by atoms with Crippen molar-refractivity contribution >= 4 is 17.8 Å². The van der Waals surface area contributed by atoms with Crippen LogP contribution in [0.2, 0.25) is 0 Å². The minimum absolute atomic E-state index is 0.483. The molecular weight excluding hydrogens is 164 g/mol. The summed E-state index contributed by atoms with van der Waals surface area (Å²) in [4.78, 5) is 1.93. The van der Waals surface area contributed by atoms with Crippen molar-refractivity contribution in [1.82, 2.24) is 4.90 Å². The Morgan fingerprint density at radius 3 is 3.09 bits per heavy atom. The molecule has 1 heterocycles. The zero-order valence-corrected chi connectivity index (χ0v) is 6.70. The van der Waals surface area contributed by atoms with Crippen molar-refractivity contribution in [3.05, 3.63) is 23.9 Å². The third-order valence-corrected chi connectivity index (χ3v) is 1.71. The lowest BCUT2D eigenvalue weighted by atomic mass is 10.2. The molecule has 0 atom stereocenters. The van der Waals surface area contributed by atoms with Gasteiger partial charge in [0.1, 0.15) is 0 Å². The zero-order chi connectivity index (χ0) is 8.10. The molecule has 0 saturated heterocycles. The molecule has 0 spiro atoms. The van der Waals surface area contributed by atoms with E-state index in [1.54, 1.807) is 0 Å². The lowest BCUT2D eigenvalue weighted by molar-refractivity contribution is 0.321. The molecule has 0 aromatic carbocycles. The predicted octanol–water partition coefficient (Wildman–Crippen LogP) is 1.40. The summed E-state index contributed by atoms with van der Waals surface area (Å²) in [7, 11) is 0. The first-order valence-corrected chi connectivity index (χ1v) is 3.76. The summed E-state index contributed by atoms with van der Waals surface area (Å²) in [5.74, 6) is 0. The molecule has 3 nitrogen and oxygen atoms in total. The van der Waals surface area contributed by atoms with Gasteiger partial charge in [-0.3, -0.25) is 0 Å². The third-order valence-electron chi connectivity index (χ3n) is 1.40. The van der Waals surface area contributed by atoms with E-state index in [4.69, 9.17) is 16.8 Å². The molecule has 0 saturated carbocycles. The molecule has 1 rings (SSSR count). The van der Waals surface area contributed by atoms with Crippen LogP contribution in [0.3, 0.4) is 0 Å². The van der Waals surface area contributed by atoms with Gasteiger partial charge in [-0.05, 0) is 11.6 Å². The van der Waals surface area contributed by atoms with E-state index in [1.165, 1.54) is 6.21 Å². The van der Waals surface area contributed by atoms with Gasteiger partial charge in [-0.2, -0.15) is 0 Å². The SMILES string of the molecule is ON=CC1=CCN(CCl)C=C1. The topological polar surface area (TPSA) is 35.8 Å². The van der Waals surface area contributed by atoms with Crippen LogP contribution < -0.4 is 0 Å². The Hall–Kier alpha value is -0.960. The second-order valence-corrected chi connectivity index (χ2v) is 2.39. The van der Waals surface area contributed by atoms with Gasteiger partial charge in [0.05, 0.1) is 12.2 Å². The fraction of sp³-hybridized carbons (Fsp3) is 0.286. The standard InChI is InChI=1S/C7H9ClN2O/c8-6-10-3-1-7(2-4-10)5-9-11/h1-3,5,11H,4,6H2. The van der Waals surface area contributed by atoms with Crippen LogP contribution in [0.15, 0.2) is 29.1 Å². The van der Waals surface area contributed by atoms with Gasteiger partial charge in [-0.25, -0.2) is 0 Å². The monoisotopic (exact) mass is 172 g/mol. The molecule has 1 aliphatic heterocycles. The van der Waals surface area contributed by atoms with E-state index < -0.39 is 0 Å². The summed E-state index contributed by atoms with van der Waals surface area (Å²) in [5, 5.41) is 11.1. The van der Waals surface area contributed by atoms with E-state index in [2.05, 4.69) is 5.16 Å². The molecule has 0 unspecified atom stereocenters. The molecular formula is C7H9ClN2O. The van der Waals surface area contributed by atoms with Gasteiger partial charge >= 0.3 is 0 Å². The minimum Gasteiger partial charge on any atom is -0.411 e. The van der Waals surface area contributed by atoms with Crippen molar-refractivity contribution in [2.75, 3.05) is 12.5 Å². The quantitative estimate of drug-likeness (QED) is 0.225. The summed E-state index contributed by atoms with van der Waals surface area (Å²) in [6, 6.07) is 0.483. The van der Waals surface area contributed by atoms with E-state index in [0.29, 0.717) is 6.00 Å². The Morgan fingerprint density at radius 1 is 1.82 bits per heavy atom. The number of hydrogen-bond donors (Lipinski definition) is 1. The van der Waals surface area contributed by atoms with E-state index in [9.17, 15) is 0 Å². The van der Waals surface area contributed by atoms with Crippen molar-refractivity contribution in [2.45, 2.75) is 0 Å². The molecule has 0 fully saturated rings. The maximum atomic E-state index is 8.20.